The van der Waals surface area contributed by atoms with Crippen LogP contribution in [-0.4, -0.2) is 61.7 Å². The van der Waals surface area contributed by atoms with E-state index in [2.05, 4.69) is 10.1 Å². The zero-order valence-corrected chi connectivity index (χ0v) is 14.9. The number of methoxy groups -OCH3 is 1. The average Bonchev–Trinajstić information content (AvgIpc) is 2.78. The Morgan fingerprint density at radius 1 is 1.20 bits per heavy atom. The largest absolute Gasteiger partial charge is 0.462 e. The molecule has 1 fully saturated rings. The van der Waals surface area contributed by atoms with Gasteiger partial charge >= 0.3 is 12.1 Å². The minimum Gasteiger partial charge on any atom is -0.462 e. The van der Waals surface area contributed by atoms with Gasteiger partial charge in [0.1, 0.15) is 10.5 Å². The molecule has 0 unspecified atom stereocenters. The molecule has 0 saturated carbocycles. The lowest BCUT2D eigenvalue weighted by Gasteiger charge is -2.18. The number of ether oxygens (including phenoxy) is 2. The van der Waals surface area contributed by atoms with Gasteiger partial charge in [-0.2, -0.15) is 0 Å². The molecular weight excluding hydrogens is 350 g/mol. The highest BCUT2D eigenvalue weighted by Crippen LogP contribution is 2.35. The van der Waals surface area contributed by atoms with Crippen molar-refractivity contribution in [3.63, 3.8) is 0 Å². The third kappa shape index (κ3) is 3.38. The summed E-state index contributed by atoms with van der Waals surface area (Å²) >= 11 is 1.01. The molecule has 10 heteroatoms. The number of hydrogen-bond donors (Lipinski definition) is 1. The number of nitrogens with zero attached hydrogens (tertiary/aromatic N) is 2. The fourth-order valence-corrected chi connectivity index (χ4v) is 2.96. The maximum absolute atomic E-state index is 12.4. The second-order valence-corrected chi connectivity index (χ2v) is 5.82. The zero-order chi connectivity index (χ0) is 18.7. The van der Waals surface area contributed by atoms with Crippen LogP contribution in [-0.2, 0) is 23.9 Å². The first-order valence-electron chi connectivity index (χ1n) is 7.23. The van der Waals surface area contributed by atoms with E-state index in [-0.39, 0.29) is 28.4 Å². The van der Waals surface area contributed by atoms with E-state index in [0.717, 1.165) is 28.9 Å². The Morgan fingerprint density at radius 3 is 2.32 bits per heavy atom. The van der Waals surface area contributed by atoms with Crippen molar-refractivity contribution >= 4 is 35.6 Å². The summed E-state index contributed by atoms with van der Waals surface area (Å²) in [6.07, 6.45) is 0.641. The Balaban J connectivity index is 2.64. The molecule has 2 aliphatic heterocycles. The van der Waals surface area contributed by atoms with E-state index < -0.39 is 23.9 Å². The van der Waals surface area contributed by atoms with Gasteiger partial charge < -0.3 is 9.47 Å². The maximum atomic E-state index is 12.4. The quantitative estimate of drug-likeness (QED) is 0.440. The molecule has 0 spiro atoms. The lowest BCUT2D eigenvalue weighted by molar-refractivity contribution is -0.141. The molecule has 0 atom stereocenters. The Bertz CT molecular complexity index is 718. The third-order valence-corrected chi connectivity index (χ3v) is 4.40. The molecule has 2 rings (SSSR count). The summed E-state index contributed by atoms with van der Waals surface area (Å²) in [6.45, 7) is 1.77. The molecule has 0 aromatic carbocycles. The molecule has 0 aromatic rings. The van der Waals surface area contributed by atoms with Gasteiger partial charge in [0.05, 0.1) is 19.4 Å². The van der Waals surface area contributed by atoms with E-state index in [4.69, 9.17) is 4.74 Å². The van der Waals surface area contributed by atoms with Gasteiger partial charge in [0.25, 0.3) is 11.8 Å². The van der Waals surface area contributed by atoms with Crippen molar-refractivity contribution in [3.05, 3.63) is 33.2 Å². The number of carbonyl (C=O) groups excluding carboxylic acids is 4. The second-order valence-electron chi connectivity index (χ2n) is 4.91. The minimum absolute atomic E-state index is 0.00167. The van der Waals surface area contributed by atoms with Crippen molar-refractivity contribution in [2.24, 2.45) is 0 Å². The summed E-state index contributed by atoms with van der Waals surface area (Å²) in [4.78, 5) is 48.8. The average molecular weight is 367 g/mol. The molecule has 0 aromatic heterocycles. The normalized spacial score (nSPS) is 17.4. The number of likely N-dealkylation sites (N-methyl/N-ethyl adjacent to an activating group) is 2. The van der Waals surface area contributed by atoms with Crippen molar-refractivity contribution in [3.8, 4) is 0 Å². The first-order chi connectivity index (χ1) is 11.8. The maximum Gasteiger partial charge on any atom is 0.411 e. The summed E-state index contributed by atoms with van der Waals surface area (Å²) in [6, 6.07) is 0. The van der Waals surface area contributed by atoms with Crippen LogP contribution in [0.1, 0.15) is 6.92 Å². The first kappa shape index (κ1) is 18.6. The van der Waals surface area contributed by atoms with Crippen LogP contribution in [0.2, 0.25) is 0 Å². The number of esters is 1. The smallest absolute Gasteiger partial charge is 0.411 e. The third-order valence-electron chi connectivity index (χ3n) is 3.53. The number of carbonyl (C=O) groups is 4. The number of hydrazine groups is 1. The molecule has 134 valence electrons. The summed E-state index contributed by atoms with van der Waals surface area (Å²) < 4.78 is 9.54. The number of alkyl carbamates (subject to hydrolysis) is 1. The van der Waals surface area contributed by atoms with Crippen LogP contribution in [0.25, 0.3) is 0 Å². The first-order valence-corrected chi connectivity index (χ1v) is 8.11. The highest BCUT2D eigenvalue weighted by Gasteiger charge is 2.40. The van der Waals surface area contributed by atoms with E-state index in [0.29, 0.717) is 0 Å². The van der Waals surface area contributed by atoms with E-state index in [1.807, 2.05) is 0 Å². The van der Waals surface area contributed by atoms with Crippen molar-refractivity contribution in [1.29, 1.82) is 0 Å². The fraction of sp³-hybridized carbons (Fsp3) is 0.333. The summed E-state index contributed by atoms with van der Waals surface area (Å²) in [7, 11) is 4.04. The standard InChI is InChI=1S/C15H17N3O6S/c1-5-24-14(21)11-10(16-15(22)23-4)8(6-7-25-11)9-12(19)17(2)18(3)13(9)20/h6-7H,5H2,1-4H3,(H,16,22). The lowest BCUT2D eigenvalue weighted by atomic mass is 10.0. The molecule has 2 aliphatic rings. The van der Waals surface area contributed by atoms with Crippen molar-refractivity contribution in [1.82, 2.24) is 15.3 Å². The number of amides is 3. The Kier molecular flexibility index (Phi) is 5.52. The Hall–Kier alpha value is -2.75. The fourth-order valence-electron chi connectivity index (χ4n) is 2.18. The highest BCUT2D eigenvalue weighted by atomic mass is 32.2. The monoisotopic (exact) mass is 367 g/mol. The SMILES string of the molecule is CCOC(=O)C1=C(NC(=O)OC)C(=C2C(=O)N(C)N(C)C2=O)C=CS1. The summed E-state index contributed by atoms with van der Waals surface area (Å²) in [5, 5.41) is 6.22. The Labute approximate surface area is 148 Å². The van der Waals surface area contributed by atoms with Crippen LogP contribution < -0.4 is 5.32 Å². The molecule has 0 bridgehead atoms. The zero-order valence-electron chi connectivity index (χ0n) is 14.1. The number of hydrogen-bond acceptors (Lipinski definition) is 7. The van der Waals surface area contributed by atoms with Crippen LogP contribution in [0, 0.1) is 0 Å². The van der Waals surface area contributed by atoms with Crippen LogP contribution >= 0.6 is 11.8 Å². The van der Waals surface area contributed by atoms with Crippen LogP contribution in [0.5, 0.6) is 0 Å². The van der Waals surface area contributed by atoms with Gasteiger partial charge in [-0.1, -0.05) is 11.8 Å². The minimum atomic E-state index is -0.842. The molecule has 1 N–H and O–H groups in total. The molecule has 1 saturated heterocycles. The van der Waals surface area contributed by atoms with Gasteiger partial charge in [-0.15, -0.1) is 0 Å². The van der Waals surface area contributed by atoms with Crippen LogP contribution in [0.3, 0.4) is 0 Å². The lowest BCUT2D eigenvalue weighted by Crippen LogP contribution is -2.33. The Morgan fingerprint density at radius 2 is 1.80 bits per heavy atom. The highest BCUT2D eigenvalue weighted by molar-refractivity contribution is 8.06. The number of rotatable bonds is 3. The molecule has 3 amide bonds. The topological polar surface area (TPSA) is 105 Å². The second kappa shape index (κ2) is 7.43. The predicted molar refractivity (Wildman–Crippen MR) is 88.5 cm³/mol. The van der Waals surface area contributed by atoms with E-state index in [1.165, 1.54) is 25.6 Å². The van der Waals surface area contributed by atoms with E-state index in [1.54, 1.807) is 6.92 Å². The van der Waals surface area contributed by atoms with Crippen molar-refractivity contribution in [2.45, 2.75) is 6.92 Å². The van der Waals surface area contributed by atoms with Gasteiger partial charge in [-0.3, -0.25) is 24.9 Å². The summed E-state index contributed by atoms with van der Waals surface area (Å²) in [5.41, 5.74) is -0.0358. The van der Waals surface area contributed by atoms with E-state index in [9.17, 15) is 19.2 Å². The number of thioether (sulfide) groups is 1. The number of nitrogens with one attached hydrogen (secondary N) is 1. The van der Waals surface area contributed by atoms with Crippen LogP contribution in [0.4, 0.5) is 4.79 Å². The molecular formula is C15H17N3O6S. The summed E-state index contributed by atoms with van der Waals surface area (Å²) in [5.74, 6) is -1.78. The van der Waals surface area contributed by atoms with Gasteiger partial charge in [-0.05, 0) is 18.4 Å². The van der Waals surface area contributed by atoms with E-state index >= 15 is 0 Å². The van der Waals surface area contributed by atoms with Crippen LogP contribution in [0.15, 0.2) is 33.2 Å². The van der Waals surface area contributed by atoms with Gasteiger partial charge in [0.15, 0.2) is 0 Å². The molecule has 0 aliphatic carbocycles. The predicted octanol–water partition coefficient (Wildman–Crippen LogP) is 0.520. The van der Waals surface area contributed by atoms with Crippen molar-refractivity contribution in [2.75, 3.05) is 27.8 Å². The van der Waals surface area contributed by atoms with Gasteiger partial charge in [0.2, 0.25) is 0 Å². The van der Waals surface area contributed by atoms with Gasteiger partial charge in [0, 0.05) is 19.7 Å². The number of allylic oxidation sites excluding steroid dienone is 1. The molecule has 2 heterocycles. The molecule has 25 heavy (non-hydrogen) atoms. The molecule has 9 nitrogen and oxygen atoms in total. The molecule has 0 radical (unpaired) electrons. The van der Waals surface area contributed by atoms with Gasteiger partial charge in [-0.25, -0.2) is 9.59 Å². The van der Waals surface area contributed by atoms with Crippen molar-refractivity contribution < 1.29 is 28.7 Å².